The van der Waals surface area contributed by atoms with Crippen LogP contribution >= 0.6 is 0 Å². The van der Waals surface area contributed by atoms with Crippen LogP contribution in [-0.4, -0.2) is 45.7 Å². The third kappa shape index (κ3) is 7.20. The number of pyridine rings is 1. The lowest BCUT2D eigenvalue weighted by molar-refractivity contribution is 0.262. The Hall–Kier alpha value is -4.78. The number of nitrogens with one attached hydrogen (secondary N) is 3. The Morgan fingerprint density at radius 3 is 2.29 bits per heavy atom. The maximum Gasteiger partial charge on any atom is 0.324 e. The normalized spacial score (nSPS) is 15.8. The van der Waals surface area contributed by atoms with Gasteiger partial charge in [-0.25, -0.2) is 9.48 Å². The van der Waals surface area contributed by atoms with Gasteiger partial charge in [-0.05, 0) is 61.4 Å². The topological polar surface area (TPSA) is 130 Å². The van der Waals surface area contributed by atoms with E-state index in [2.05, 4.69) is 41.1 Å². The molecule has 0 atom stereocenters. The van der Waals surface area contributed by atoms with E-state index in [1.807, 2.05) is 92.7 Å². The van der Waals surface area contributed by atoms with Crippen molar-refractivity contribution >= 4 is 38.5 Å². The van der Waals surface area contributed by atoms with Gasteiger partial charge in [0.25, 0.3) is 10.2 Å². The Morgan fingerprint density at radius 2 is 1.62 bits per heavy atom. The second kappa shape index (κ2) is 13.0. The smallest absolute Gasteiger partial charge is 0.324 e. The summed E-state index contributed by atoms with van der Waals surface area (Å²) in [7, 11) is -3.60. The first-order valence-corrected chi connectivity index (χ1v) is 17.2. The number of benzene rings is 3. The number of hydrogen-bond acceptors (Lipinski definition) is 6. The number of urea groups is 1. The summed E-state index contributed by atoms with van der Waals surface area (Å²) < 4.78 is 36.8. The van der Waals surface area contributed by atoms with Gasteiger partial charge in [-0.3, -0.25) is 10.3 Å². The lowest BCUT2D eigenvalue weighted by Crippen LogP contribution is -2.40. The number of hydrogen-bond donors (Lipinski definition) is 3. The van der Waals surface area contributed by atoms with E-state index in [4.69, 9.17) is 9.84 Å². The number of nitrogens with zero attached hydrogens (tertiary/aromatic N) is 4. The van der Waals surface area contributed by atoms with Crippen LogP contribution in [0.2, 0.25) is 0 Å². The SMILES string of the molecule is CC(C)(C)c1cc(NC(=O)Nc2ccc(OCCc3ccncc3)c3ccccc23)n(-c2ccc(CN3C(C)(C)[CH]NS3(=O)=O)cc2)n1. The van der Waals surface area contributed by atoms with Crippen molar-refractivity contribution in [3.63, 3.8) is 0 Å². The van der Waals surface area contributed by atoms with Crippen LogP contribution in [0.25, 0.3) is 16.5 Å². The van der Waals surface area contributed by atoms with Crippen LogP contribution in [0, 0.1) is 6.54 Å². The molecule has 3 N–H and O–H groups in total. The summed E-state index contributed by atoms with van der Waals surface area (Å²) in [5.74, 6) is 1.23. The van der Waals surface area contributed by atoms with Gasteiger partial charge in [0.2, 0.25) is 0 Å². The summed E-state index contributed by atoms with van der Waals surface area (Å²) in [5, 5.41) is 12.6. The van der Waals surface area contributed by atoms with Gasteiger partial charge in [0, 0.05) is 53.2 Å². The Kier molecular flexibility index (Phi) is 8.99. The van der Waals surface area contributed by atoms with Crippen molar-refractivity contribution in [3.8, 4) is 11.4 Å². The van der Waals surface area contributed by atoms with E-state index < -0.39 is 21.8 Å². The molecule has 1 aliphatic rings. The second-order valence-corrected chi connectivity index (χ2v) is 15.0. The average Bonchev–Trinajstić information content (AvgIpc) is 3.57. The van der Waals surface area contributed by atoms with E-state index in [1.54, 1.807) is 23.6 Å². The summed E-state index contributed by atoms with van der Waals surface area (Å²) in [4.78, 5) is 17.5. The van der Waals surface area contributed by atoms with E-state index in [-0.39, 0.29) is 12.0 Å². The zero-order valence-corrected chi connectivity index (χ0v) is 28.5. The maximum absolute atomic E-state index is 13.5. The third-order valence-corrected chi connectivity index (χ3v) is 9.85. The number of rotatable bonds is 9. The van der Waals surface area contributed by atoms with Crippen LogP contribution in [0.1, 0.15) is 51.4 Å². The number of carbonyl (C=O) groups excluding carboxylic acids is 1. The largest absolute Gasteiger partial charge is 0.493 e. The molecule has 3 aromatic carbocycles. The molecule has 12 heteroatoms. The molecular weight excluding hydrogens is 627 g/mol. The molecule has 249 valence electrons. The summed E-state index contributed by atoms with van der Waals surface area (Å²) in [6.07, 6.45) is 4.29. The zero-order valence-electron chi connectivity index (χ0n) is 27.7. The minimum Gasteiger partial charge on any atom is -0.493 e. The molecule has 0 saturated carbocycles. The first-order chi connectivity index (χ1) is 22.8. The number of aromatic nitrogens is 3. The molecule has 0 aliphatic carbocycles. The quantitative estimate of drug-likeness (QED) is 0.163. The molecule has 48 heavy (non-hydrogen) atoms. The monoisotopic (exact) mass is 666 g/mol. The fraction of sp³-hybridized carbons (Fsp3) is 0.278. The highest BCUT2D eigenvalue weighted by Crippen LogP contribution is 2.33. The Balaban J connectivity index is 1.20. The van der Waals surface area contributed by atoms with Crippen LogP contribution in [0.15, 0.2) is 91.3 Å². The Morgan fingerprint density at radius 1 is 0.917 bits per heavy atom. The first-order valence-electron chi connectivity index (χ1n) is 15.8. The van der Waals surface area contributed by atoms with E-state index in [0.717, 1.165) is 45.5 Å². The van der Waals surface area contributed by atoms with Gasteiger partial charge in [0.15, 0.2) is 0 Å². The summed E-state index contributed by atoms with van der Waals surface area (Å²) in [6.45, 7) is 12.2. The number of ether oxygens (including phenoxy) is 1. The molecule has 11 nitrogen and oxygen atoms in total. The molecule has 0 spiro atoms. The minimum atomic E-state index is -3.60. The van der Waals surface area contributed by atoms with Crippen LogP contribution in [0.4, 0.5) is 16.3 Å². The highest BCUT2D eigenvalue weighted by atomic mass is 32.2. The first kappa shape index (κ1) is 33.1. The van der Waals surface area contributed by atoms with Crippen LogP contribution < -0.4 is 20.1 Å². The van der Waals surface area contributed by atoms with Gasteiger partial charge in [0.05, 0.1) is 30.2 Å². The molecule has 5 aromatic rings. The van der Waals surface area contributed by atoms with Crippen molar-refractivity contribution < 1.29 is 17.9 Å². The Bertz CT molecular complexity index is 2040. The fourth-order valence-electron chi connectivity index (χ4n) is 5.50. The standard InChI is InChI=1S/C36H40N7O4S/c1-35(2,3)32-22-33(43(41-32)27-12-10-26(11-13-27)23-42-36(4,5)24-38-48(42,45)46)40-34(44)39-30-14-15-31(29-9-7-6-8-28(29)30)47-21-18-25-16-19-37-20-17-25/h6-17,19-20,22,24,38H,18,21,23H2,1-5H3,(H2,39,40,44). The summed E-state index contributed by atoms with van der Waals surface area (Å²) in [5.41, 5.74) is 3.18. The molecule has 3 heterocycles. The maximum atomic E-state index is 13.5. The number of fused-ring (bicyclic) bond motifs is 1. The molecule has 6 rings (SSSR count). The average molecular weight is 667 g/mol. The van der Waals surface area contributed by atoms with E-state index in [0.29, 0.717) is 18.1 Å². The molecule has 1 fully saturated rings. The van der Waals surface area contributed by atoms with Gasteiger partial charge in [-0.2, -0.15) is 22.5 Å². The molecule has 1 saturated heterocycles. The van der Waals surface area contributed by atoms with Crippen molar-refractivity contribution in [2.24, 2.45) is 0 Å². The van der Waals surface area contributed by atoms with E-state index >= 15 is 0 Å². The molecule has 0 unspecified atom stereocenters. The second-order valence-electron chi connectivity index (χ2n) is 13.4. The highest BCUT2D eigenvalue weighted by molar-refractivity contribution is 7.87. The fourth-order valence-corrected chi connectivity index (χ4v) is 7.05. The molecule has 0 bridgehead atoms. The van der Waals surface area contributed by atoms with Crippen molar-refractivity contribution in [3.05, 3.63) is 115 Å². The summed E-state index contributed by atoms with van der Waals surface area (Å²) >= 11 is 0. The van der Waals surface area contributed by atoms with Crippen LogP contribution in [-0.2, 0) is 28.6 Å². The predicted molar refractivity (Wildman–Crippen MR) is 188 cm³/mol. The minimum absolute atomic E-state index is 0.210. The van der Waals surface area contributed by atoms with Crippen LogP contribution in [0.5, 0.6) is 5.75 Å². The lowest BCUT2D eigenvalue weighted by atomic mass is 9.92. The van der Waals surface area contributed by atoms with Crippen molar-refractivity contribution in [1.29, 1.82) is 0 Å². The predicted octanol–water partition coefficient (Wildman–Crippen LogP) is 6.57. The van der Waals surface area contributed by atoms with Crippen LogP contribution in [0.3, 0.4) is 0 Å². The number of anilines is 2. The van der Waals surface area contributed by atoms with Gasteiger partial charge >= 0.3 is 6.03 Å². The molecule has 1 aliphatic heterocycles. The van der Waals surface area contributed by atoms with Gasteiger partial charge < -0.3 is 10.1 Å². The zero-order chi connectivity index (χ0) is 34.1. The molecular formula is C36H40N7O4S. The molecule has 1 radical (unpaired) electrons. The Labute approximate surface area is 281 Å². The highest BCUT2D eigenvalue weighted by Gasteiger charge is 2.43. The number of carbonyl (C=O) groups is 1. The van der Waals surface area contributed by atoms with Gasteiger partial charge in [0.1, 0.15) is 11.6 Å². The van der Waals surface area contributed by atoms with Gasteiger partial charge in [-0.15, -0.1) is 0 Å². The lowest BCUT2D eigenvalue weighted by Gasteiger charge is -2.27. The van der Waals surface area contributed by atoms with Crippen molar-refractivity contribution in [2.45, 2.75) is 58.5 Å². The van der Waals surface area contributed by atoms with E-state index in [9.17, 15) is 13.2 Å². The molecule has 2 amide bonds. The number of amides is 2. The van der Waals surface area contributed by atoms with Gasteiger partial charge in [-0.1, -0.05) is 57.2 Å². The van der Waals surface area contributed by atoms with Crippen molar-refractivity contribution in [1.82, 2.24) is 23.8 Å². The summed E-state index contributed by atoms with van der Waals surface area (Å²) in [6, 6.07) is 24.4. The molecule has 2 aromatic heterocycles. The van der Waals surface area contributed by atoms with E-state index in [1.165, 1.54) is 4.31 Å². The van der Waals surface area contributed by atoms with Crippen molar-refractivity contribution in [2.75, 3.05) is 17.2 Å². The third-order valence-electron chi connectivity index (χ3n) is 8.25.